The molecule has 0 aromatic heterocycles. The predicted molar refractivity (Wildman–Crippen MR) is 84.6 cm³/mol. The largest absolute Gasteiger partial charge is 0.497 e. The summed E-state index contributed by atoms with van der Waals surface area (Å²) in [7, 11) is 1.69. The smallest absolute Gasteiger partial charge is 0.222 e. The van der Waals surface area contributed by atoms with E-state index in [0.29, 0.717) is 6.42 Å². The molecule has 0 saturated carbocycles. The summed E-state index contributed by atoms with van der Waals surface area (Å²) >= 11 is 0. The van der Waals surface area contributed by atoms with E-state index in [4.69, 9.17) is 4.74 Å². The molecule has 21 heavy (non-hydrogen) atoms. The second kappa shape index (κ2) is 8.03. The van der Waals surface area contributed by atoms with E-state index in [9.17, 15) is 4.79 Å². The maximum atomic E-state index is 11.6. The van der Waals surface area contributed by atoms with Crippen molar-refractivity contribution in [3.8, 4) is 5.75 Å². The lowest BCUT2D eigenvalue weighted by Crippen LogP contribution is -2.48. The van der Waals surface area contributed by atoms with E-state index >= 15 is 0 Å². The first kappa shape index (κ1) is 15.8. The van der Waals surface area contributed by atoms with E-state index in [0.717, 1.165) is 51.3 Å². The first-order chi connectivity index (χ1) is 10.2. The molecule has 0 bridgehead atoms. The summed E-state index contributed by atoms with van der Waals surface area (Å²) in [4.78, 5) is 16.1. The van der Waals surface area contributed by atoms with Crippen molar-refractivity contribution in [2.24, 2.45) is 0 Å². The molecule has 1 aliphatic heterocycles. The number of rotatable bonds is 6. The van der Waals surface area contributed by atoms with E-state index in [-0.39, 0.29) is 5.91 Å². The number of benzene rings is 1. The van der Waals surface area contributed by atoms with Gasteiger partial charge >= 0.3 is 0 Å². The van der Waals surface area contributed by atoms with Crippen LogP contribution in [0.1, 0.15) is 25.3 Å². The van der Waals surface area contributed by atoms with Crippen molar-refractivity contribution in [1.29, 1.82) is 0 Å². The summed E-state index contributed by atoms with van der Waals surface area (Å²) in [5.74, 6) is 1.20. The molecule has 2 rings (SSSR count). The van der Waals surface area contributed by atoms with Crippen LogP contribution in [0.2, 0.25) is 0 Å². The minimum Gasteiger partial charge on any atom is -0.497 e. The molecule has 1 aromatic rings. The summed E-state index contributed by atoms with van der Waals surface area (Å²) in [5, 5.41) is 0. The van der Waals surface area contributed by atoms with Gasteiger partial charge in [0.1, 0.15) is 5.75 Å². The fraction of sp³-hybridized carbons (Fsp3) is 0.588. The van der Waals surface area contributed by atoms with Crippen LogP contribution in [0.4, 0.5) is 0 Å². The lowest BCUT2D eigenvalue weighted by Gasteiger charge is -2.34. The summed E-state index contributed by atoms with van der Waals surface area (Å²) in [6, 6.07) is 8.31. The number of methoxy groups -OCH3 is 1. The topological polar surface area (TPSA) is 32.8 Å². The van der Waals surface area contributed by atoms with Crippen molar-refractivity contribution in [2.45, 2.75) is 26.2 Å². The van der Waals surface area contributed by atoms with Gasteiger partial charge in [-0.05, 0) is 37.1 Å². The first-order valence-electron chi connectivity index (χ1n) is 7.86. The number of piperazine rings is 1. The van der Waals surface area contributed by atoms with Crippen LogP contribution < -0.4 is 4.74 Å². The monoisotopic (exact) mass is 290 g/mol. The Labute approximate surface area is 127 Å². The number of carbonyl (C=O) groups excluding carboxylic acids is 1. The number of carbonyl (C=O) groups is 1. The third-order valence-corrected chi connectivity index (χ3v) is 4.13. The Balaban J connectivity index is 1.66. The number of nitrogens with zero attached hydrogens (tertiary/aromatic N) is 2. The standard InChI is InChI=1S/C17H26N2O2/c1-3-17(20)19-13-11-18(12-14-19)10-4-5-15-6-8-16(21-2)9-7-15/h6-9H,3-5,10-14H2,1-2H3. The highest BCUT2D eigenvalue weighted by atomic mass is 16.5. The molecule has 1 fully saturated rings. The van der Waals surface area contributed by atoms with Crippen LogP contribution in [0.3, 0.4) is 0 Å². The SMILES string of the molecule is CCC(=O)N1CCN(CCCc2ccc(OC)cc2)CC1. The summed E-state index contributed by atoms with van der Waals surface area (Å²) in [6.07, 6.45) is 2.88. The summed E-state index contributed by atoms with van der Waals surface area (Å²) < 4.78 is 5.17. The van der Waals surface area contributed by atoms with Crippen LogP contribution in [0.5, 0.6) is 5.75 Å². The van der Waals surface area contributed by atoms with Crippen LogP contribution in [-0.2, 0) is 11.2 Å². The molecule has 1 saturated heterocycles. The Morgan fingerprint density at radius 2 is 1.81 bits per heavy atom. The molecule has 0 atom stereocenters. The van der Waals surface area contributed by atoms with Crippen molar-refractivity contribution in [2.75, 3.05) is 39.8 Å². The van der Waals surface area contributed by atoms with E-state index < -0.39 is 0 Å². The van der Waals surface area contributed by atoms with Crippen LogP contribution in [-0.4, -0.2) is 55.5 Å². The lowest BCUT2D eigenvalue weighted by atomic mass is 10.1. The normalized spacial score (nSPS) is 16.0. The molecule has 0 spiro atoms. The second-order valence-corrected chi connectivity index (χ2v) is 5.53. The van der Waals surface area contributed by atoms with Crippen molar-refractivity contribution >= 4 is 5.91 Å². The Kier molecular flexibility index (Phi) is 6.05. The van der Waals surface area contributed by atoms with Crippen LogP contribution >= 0.6 is 0 Å². The molecule has 1 heterocycles. The maximum absolute atomic E-state index is 11.6. The Hall–Kier alpha value is -1.55. The molecule has 4 heteroatoms. The van der Waals surface area contributed by atoms with Gasteiger partial charge in [0.05, 0.1) is 7.11 Å². The van der Waals surface area contributed by atoms with E-state index in [1.807, 2.05) is 24.0 Å². The van der Waals surface area contributed by atoms with Gasteiger partial charge in [-0.2, -0.15) is 0 Å². The molecular weight excluding hydrogens is 264 g/mol. The fourth-order valence-corrected chi connectivity index (χ4v) is 2.74. The van der Waals surface area contributed by atoms with Gasteiger partial charge in [-0.1, -0.05) is 19.1 Å². The highest BCUT2D eigenvalue weighted by molar-refractivity contribution is 5.75. The van der Waals surface area contributed by atoms with Crippen LogP contribution in [0, 0.1) is 0 Å². The van der Waals surface area contributed by atoms with Gasteiger partial charge in [0, 0.05) is 32.6 Å². The minimum absolute atomic E-state index is 0.285. The predicted octanol–water partition coefficient (Wildman–Crippen LogP) is 2.18. The molecule has 0 unspecified atom stereocenters. The molecule has 0 N–H and O–H groups in total. The molecule has 0 aliphatic carbocycles. The lowest BCUT2D eigenvalue weighted by molar-refractivity contribution is -0.132. The molecule has 116 valence electrons. The van der Waals surface area contributed by atoms with Gasteiger partial charge in [0.25, 0.3) is 0 Å². The quantitative estimate of drug-likeness (QED) is 0.805. The van der Waals surface area contributed by atoms with Crippen LogP contribution in [0.15, 0.2) is 24.3 Å². The Morgan fingerprint density at radius 3 is 2.38 bits per heavy atom. The van der Waals surface area contributed by atoms with Crippen molar-refractivity contribution in [3.05, 3.63) is 29.8 Å². The third kappa shape index (κ3) is 4.74. The van der Waals surface area contributed by atoms with E-state index in [1.165, 1.54) is 5.56 Å². The average Bonchev–Trinajstić information content (AvgIpc) is 2.55. The van der Waals surface area contributed by atoms with Crippen molar-refractivity contribution < 1.29 is 9.53 Å². The summed E-state index contributed by atoms with van der Waals surface area (Å²) in [5.41, 5.74) is 1.36. The Morgan fingerprint density at radius 1 is 1.14 bits per heavy atom. The zero-order chi connectivity index (χ0) is 15.1. The zero-order valence-electron chi connectivity index (χ0n) is 13.2. The Bertz CT molecular complexity index is 437. The molecule has 1 aromatic carbocycles. The maximum Gasteiger partial charge on any atom is 0.222 e. The first-order valence-corrected chi connectivity index (χ1v) is 7.86. The van der Waals surface area contributed by atoms with Gasteiger partial charge in [0.2, 0.25) is 5.91 Å². The molecule has 1 aliphatic rings. The molecular formula is C17H26N2O2. The second-order valence-electron chi connectivity index (χ2n) is 5.53. The minimum atomic E-state index is 0.285. The van der Waals surface area contributed by atoms with Crippen LogP contribution in [0.25, 0.3) is 0 Å². The number of hydrogen-bond acceptors (Lipinski definition) is 3. The average molecular weight is 290 g/mol. The van der Waals surface area contributed by atoms with Crippen molar-refractivity contribution in [1.82, 2.24) is 9.80 Å². The van der Waals surface area contributed by atoms with Gasteiger partial charge in [-0.25, -0.2) is 0 Å². The third-order valence-electron chi connectivity index (χ3n) is 4.13. The highest BCUT2D eigenvalue weighted by Crippen LogP contribution is 2.13. The van der Waals surface area contributed by atoms with Gasteiger partial charge < -0.3 is 9.64 Å². The summed E-state index contributed by atoms with van der Waals surface area (Å²) in [6.45, 7) is 6.83. The van der Waals surface area contributed by atoms with E-state index in [2.05, 4.69) is 17.0 Å². The zero-order valence-corrected chi connectivity index (χ0v) is 13.2. The molecule has 1 amide bonds. The number of ether oxygens (including phenoxy) is 1. The van der Waals surface area contributed by atoms with E-state index in [1.54, 1.807) is 7.11 Å². The van der Waals surface area contributed by atoms with Gasteiger partial charge in [-0.15, -0.1) is 0 Å². The molecule has 0 radical (unpaired) electrons. The highest BCUT2D eigenvalue weighted by Gasteiger charge is 2.19. The van der Waals surface area contributed by atoms with Gasteiger partial charge in [0.15, 0.2) is 0 Å². The van der Waals surface area contributed by atoms with Crippen molar-refractivity contribution in [3.63, 3.8) is 0 Å². The number of amides is 1. The van der Waals surface area contributed by atoms with Gasteiger partial charge in [-0.3, -0.25) is 9.69 Å². The molecule has 4 nitrogen and oxygen atoms in total. The fourth-order valence-electron chi connectivity index (χ4n) is 2.74. The number of aryl methyl sites for hydroxylation is 1. The number of hydrogen-bond donors (Lipinski definition) is 0.